The lowest BCUT2D eigenvalue weighted by Crippen LogP contribution is -2.66. The average Bonchev–Trinajstić information content (AvgIpc) is 3.11. The summed E-state index contributed by atoms with van der Waals surface area (Å²) >= 11 is 0. The summed E-state index contributed by atoms with van der Waals surface area (Å²) in [7, 11) is 0. The van der Waals surface area contributed by atoms with Crippen LogP contribution in [0.4, 0.5) is 0 Å². The zero-order valence-electron chi connectivity index (χ0n) is 22.5. The van der Waals surface area contributed by atoms with Crippen LogP contribution in [0.2, 0.25) is 0 Å². The zero-order chi connectivity index (χ0) is 25.1. The van der Waals surface area contributed by atoms with Gasteiger partial charge in [-0.15, -0.1) is 0 Å². The third kappa shape index (κ3) is 2.71. The van der Waals surface area contributed by atoms with Gasteiger partial charge in [0.25, 0.3) is 0 Å². The molecule has 0 heterocycles. The Morgan fingerprint density at radius 2 is 1.59 bits per heavy atom. The minimum Gasteiger partial charge on any atom is -0.481 e. The van der Waals surface area contributed by atoms with Crippen LogP contribution >= 0.6 is 0 Å². The second-order valence-corrected chi connectivity index (χ2v) is 14.6. The van der Waals surface area contributed by atoms with Crippen LogP contribution in [0.5, 0.6) is 0 Å². The minimum atomic E-state index is -1.32. The highest BCUT2D eigenvalue weighted by Crippen LogP contribution is 2.76. The molecule has 11 unspecified atom stereocenters. The van der Waals surface area contributed by atoms with E-state index in [0.29, 0.717) is 17.8 Å². The van der Waals surface area contributed by atoms with Crippen LogP contribution in [0, 0.1) is 56.7 Å². The van der Waals surface area contributed by atoms with Gasteiger partial charge in [-0.05, 0) is 110 Å². The van der Waals surface area contributed by atoms with Gasteiger partial charge < -0.3 is 15.3 Å². The van der Waals surface area contributed by atoms with Gasteiger partial charge in [0.1, 0.15) is 0 Å². The predicted molar refractivity (Wildman–Crippen MR) is 134 cm³/mol. The Morgan fingerprint density at radius 1 is 0.941 bits per heavy atom. The molecule has 0 amide bonds. The second-order valence-electron chi connectivity index (χ2n) is 14.6. The van der Waals surface area contributed by atoms with Gasteiger partial charge >= 0.3 is 5.97 Å². The number of rotatable bonds is 2. The molecular weight excluding hydrogens is 424 g/mol. The van der Waals surface area contributed by atoms with Crippen molar-refractivity contribution < 1.29 is 20.1 Å². The monoisotopic (exact) mass is 472 g/mol. The number of carboxylic acids is 1. The molecule has 0 aliphatic heterocycles. The van der Waals surface area contributed by atoms with Gasteiger partial charge in [-0.2, -0.15) is 0 Å². The molecule has 0 aromatic heterocycles. The van der Waals surface area contributed by atoms with Gasteiger partial charge in [0.2, 0.25) is 0 Å². The molecule has 0 aromatic carbocycles. The Kier molecular flexibility index (Phi) is 5.36. The smallest absolute Gasteiger partial charge is 0.312 e. The number of hydrogen-bond donors (Lipinski definition) is 3. The van der Waals surface area contributed by atoms with Crippen LogP contribution in [0.25, 0.3) is 0 Å². The number of hydrogen-bond acceptors (Lipinski definition) is 3. The third-order valence-corrected chi connectivity index (χ3v) is 13.3. The largest absolute Gasteiger partial charge is 0.481 e. The fourth-order valence-electron chi connectivity index (χ4n) is 11.3. The van der Waals surface area contributed by atoms with E-state index in [1.807, 2.05) is 0 Å². The van der Waals surface area contributed by atoms with Gasteiger partial charge in [-0.1, -0.05) is 53.2 Å². The van der Waals surface area contributed by atoms with Crippen molar-refractivity contribution in [3.8, 4) is 0 Å². The summed E-state index contributed by atoms with van der Waals surface area (Å²) in [6, 6.07) is 0. The van der Waals surface area contributed by atoms with Gasteiger partial charge in [-0.3, -0.25) is 4.79 Å². The summed E-state index contributed by atoms with van der Waals surface area (Å²) in [5.41, 5.74) is 0.578. The number of aliphatic carboxylic acids is 1. The Balaban J connectivity index is 1.58. The maximum absolute atomic E-state index is 12.5. The lowest BCUT2D eigenvalue weighted by molar-refractivity contribution is -0.205. The summed E-state index contributed by atoms with van der Waals surface area (Å²) in [6.45, 7) is 16.4. The van der Waals surface area contributed by atoms with Crippen molar-refractivity contribution in [1.82, 2.24) is 0 Å². The van der Waals surface area contributed by atoms with Crippen molar-refractivity contribution in [2.75, 3.05) is 0 Å². The van der Waals surface area contributed by atoms with Crippen molar-refractivity contribution in [1.29, 1.82) is 0 Å². The molecule has 0 saturated heterocycles. The normalized spacial score (nSPS) is 56.7. The number of carboxylic acid groups (broad SMARTS) is 1. The topological polar surface area (TPSA) is 77.8 Å². The Hall–Kier alpha value is -0.870. The fourth-order valence-corrected chi connectivity index (χ4v) is 11.3. The SMILES string of the molecule is CC(C)C1CCC2C1(C)CCC1(C)C3CCC4C(C)(CC(O)C(O)C4(C)C(=O)O)C3=CCC21C. The summed E-state index contributed by atoms with van der Waals surface area (Å²) < 4.78 is 0. The maximum atomic E-state index is 12.5. The highest BCUT2D eigenvalue weighted by Gasteiger charge is 2.70. The number of aliphatic hydroxyl groups excluding tert-OH is 2. The van der Waals surface area contributed by atoms with Crippen molar-refractivity contribution in [2.24, 2.45) is 56.7 Å². The number of aliphatic hydroxyl groups is 2. The van der Waals surface area contributed by atoms with E-state index < -0.39 is 23.6 Å². The Morgan fingerprint density at radius 3 is 2.21 bits per heavy atom. The van der Waals surface area contributed by atoms with Crippen LogP contribution in [-0.4, -0.2) is 33.5 Å². The first-order valence-electron chi connectivity index (χ1n) is 14.0. The molecular formula is C30H48O4. The van der Waals surface area contributed by atoms with E-state index in [1.165, 1.54) is 31.3 Å². The second kappa shape index (κ2) is 7.34. The molecule has 4 saturated carbocycles. The molecule has 5 aliphatic carbocycles. The highest BCUT2D eigenvalue weighted by atomic mass is 16.4. The molecule has 4 nitrogen and oxygen atoms in total. The van der Waals surface area contributed by atoms with Crippen molar-refractivity contribution >= 4 is 5.97 Å². The number of carbonyl (C=O) groups is 1. The van der Waals surface area contributed by atoms with Crippen molar-refractivity contribution in [3.05, 3.63) is 11.6 Å². The maximum Gasteiger partial charge on any atom is 0.312 e. The molecule has 4 fully saturated rings. The standard InChI is InChI=1S/C30H48O4/c1-17(2)18-8-10-22-26(18,3)14-15-28(5)20-9-11-23-27(4,19(20)12-13-29(22,28)6)16-21(31)24(32)30(23,7)25(33)34/h12,17-18,20-24,31-32H,8-11,13-16H2,1-7H3,(H,33,34). The molecule has 0 aromatic rings. The fraction of sp³-hybridized carbons (Fsp3) is 0.900. The Bertz CT molecular complexity index is 909. The van der Waals surface area contributed by atoms with Gasteiger partial charge in [0, 0.05) is 0 Å². The van der Waals surface area contributed by atoms with E-state index >= 15 is 0 Å². The van der Waals surface area contributed by atoms with Crippen LogP contribution in [0.1, 0.15) is 99.8 Å². The number of allylic oxidation sites excluding steroid dienone is 2. The molecule has 4 heteroatoms. The average molecular weight is 473 g/mol. The van der Waals surface area contributed by atoms with E-state index in [0.717, 1.165) is 37.0 Å². The molecule has 5 aliphatic rings. The van der Waals surface area contributed by atoms with E-state index in [2.05, 4.69) is 47.6 Å². The van der Waals surface area contributed by atoms with Crippen LogP contribution < -0.4 is 0 Å². The summed E-state index contributed by atoms with van der Waals surface area (Å²) in [5.74, 6) is 1.59. The van der Waals surface area contributed by atoms with Gasteiger partial charge in [0.15, 0.2) is 0 Å². The molecule has 0 spiro atoms. The summed E-state index contributed by atoms with van der Waals surface area (Å²) in [4.78, 5) is 12.5. The molecule has 3 N–H and O–H groups in total. The molecule has 0 bridgehead atoms. The van der Waals surface area contributed by atoms with Crippen molar-refractivity contribution in [3.63, 3.8) is 0 Å². The molecule has 11 atom stereocenters. The highest BCUT2D eigenvalue weighted by molar-refractivity contribution is 5.76. The van der Waals surface area contributed by atoms with Crippen LogP contribution in [-0.2, 0) is 4.79 Å². The first-order valence-corrected chi connectivity index (χ1v) is 14.0. The van der Waals surface area contributed by atoms with Crippen molar-refractivity contribution in [2.45, 2.75) is 112 Å². The van der Waals surface area contributed by atoms with Gasteiger partial charge in [0.05, 0.1) is 17.6 Å². The first-order chi connectivity index (χ1) is 15.7. The third-order valence-electron chi connectivity index (χ3n) is 13.3. The first kappa shape index (κ1) is 24.8. The van der Waals surface area contributed by atoms with E-state index in [9.17, 15) is 20.1 Å². The van der Waals surface area contributed by atoms with E-state index in [-0.39, 0.29) is 22.2 Å². The quantitative estimate of drug-likeness (QED) is 0.427. The van der Waals surface area contributed by atoms with E-state index in [4.69, 9.17) is 0 Å². The molecule has 5 rings (SSSR count). The van der Waals surface area contributed by atoms with Crippen LogP contribution in [0.3, 0.4) is 0 Å². The molecule has 0 radical (unpaired) electrons. The van der Waals surface area contributed by atoms with E-state index in [1.54, 1.807) is 6.92 Å². The summed E-state index contributed by atoms with van der Waals surface area (Å²) in [5, 5.41) is 32.0. The lowest BCUT2D eigenvalue weighted by atomic mass is 9.35. The lowest BCUT2D eigenvalue weighted by Gasteiger charge is -2.69. The molecule has 192 valence electrons. The summed E-state index contributed by atoms with van der Waals surface area (Å²) in [6.07, 6.45) is 8.85. The molecule has 34 heavy (non-hydrogen) atoms. The minimum absolute atomic E-state index is 0.156. The predicted octanol–water partition coefficient (Wildman–Crippen LogP) is 6.06. The number of fused-ring (bicyclic) bond motifs is 7. The Labute approximate surface area is 206 Å². The van der Waals surface area contributed by atoms with Crippen LogP contribution in [0.15, 0.2) is 11.6 Å². The van der Waals surface area contributed by atoms with Gasteiger partial charge in [-0.25, -0.2) is 0 Å². The zero-order valence-corrected chi connectivity index (χ0v) is 22.5.